The number of pyridine rings is 1. The van der Waals surface area contributed by atoms with E-state index in [4.69, 9.17) is 4.74 Å². The summed E-state index contributed by atoms with van der Waals surface area (Å²) in [5.41, 5.74) is 5.59. The number of fused-ring (bicyclic) bond motifs is 1. The van der Waals surface area contributed by atoms with Gasteiger partial charge in [-0.3, -0.25) is 4.79 Å². The van der Waals surface area contributed by atoms with Crippen molar-refractivity contribution in [2.24, 2.45) is 0 Å². The Morgan fingerprint density at radius 2 is 1.67 bits per heavy atom. The smallest absolute Gasteiger partial charge is 0.337 e. The summed E-state index contributed by atoms with van der Waals surface area (Å²) in [6, 6.07) is 23.1. The van der Waals surface area contributed by atoms with Gasteiger partial charge in [0, 0.05) is 5.39 Å². The van der Waals surface area contributed by atoms with E-state index in [1.54, 1.807) is 12.1 Å². The van der Waals surface area contributed by atoms with Crippen LogP contribution in [0.2, 0.25) is 0 Å². The monoisotopic (exact) mass is 397 g/mol. The number of aryl methyl sites for hydroxylation is 2. The molecule has 4 nitrogen and oxygen atoms in total. The van der Waals surface area contributed by atoms with Crippen molar-refractivity contribution in [3.8, 4) is 11.3 Å². The van der Waals surface area contributed by atoms with Crippen LogP contribution in [0.25, 0.3) is 22.0 Å². The summed E-state index contributed by atoms with van der Waals surface area (Å²) in [5.74, 6) is -0.382. The Balaban J connectivity index is 1.90. The van der Waals surface area contributed by atoms with Crippen LogP contribution in [0.4, 0.5) is 0 Å². The molecule has 0 fully saturated rings. The molecule has 0 amide bonds. The number of esters is 1. The minimum Gasteiger partial charge on any atom is -0.465 e. The molecule has 0 aliphatic heterocycles. The van der Waals surface area contributed by atoms with Gasteiger partial charge in [-0.15, -0.1) is 0 Å². The van der Waals surface area contributed by atoms with E-state index in [1.807, 2.05) is 47.0 Å². The summed E-state index contributed by atoms with van der Waals surface area (Å²) in [6.07, 6.45) is 0. The SMILES string of the molecule is COC(=O)c1ccc(-c2cc3ccccc3c(=O)n2Cc2ccc(C)cc2C)cc1. The maximum absolute atomic E-state index is 13.4. The molecule has 0 bridgehead atoms. The molecule has 0 unspecified atom stereocenters. The van der Waals surface area contributed by atoms with Crippen molar-refractivity contribution in [1.82, 2.24) is 4.57 Å². The van der Waals surface area contributed by atoms with Gasteiger partial charge in [0.2, 0.25) is 0 Å². The summed E-state index contributed by atoms with van der Waals surface area (Å²) >= 11 is 0. The summed E-state index contributed by atoms with van der Waals surface area (Å²) in [5, 5.41) is 1.59. The average Bonchev–Trinajstić information content (AvgIpc) is 2.76. The van der Waals surface area contributed by atoms with Crippen LogP contribution in [0.1, 0.15) is 27.0 Å². The van der Waals surface area contributed by atoms with Gasteiger partial charge in [0.05, 0.1) is 24.9 Å². The zero-order valence-corrected chi connectivity index (χ0v) is 17.3. The Bertz CT molecular complexity index is 1300. The highest BCUT2D eigenvalue weighted by molar-refractivity contribution is 5.90. The van der Waals surface area contributed by atoms with Crippen LogP contribution in [0.15, 0.2) is 77.6 Å². The third-order valence-corrected chi connectivity index (χ3v) is 5.45. The molecule has 0 N–H and O–H groups in total. The van der Waals surface area contributed by atoms with Crippen molar-refractivity contribution in [1.29, 1.82) is 0 Å². The standard InChI is InChI=1S/C26H23NO3/c1-17-8-9-22(18(2)14-17)16-27-24(15-21-6-4-5-7-23(21)25(27)28)19-10-12-20(13-11-19)26(29)30-3/h4-15H,16H2,1-3H3. The number of aromatic nitrogens is 1. The highest BCUT2D eigenvalue weighted by atomic mass is 16.5. The number of hydrogen-bond acceptors (Lipinski definition) is 3. The van der Waals surface area contributed by atoms with E-state index in [9.17, 15) is 9.59 Å². The molecule has 4 heteroatoms. The molecular weight excluding hydrogens is 374 g/mol. The number of ether oxygens (including phenoxy) is 1. The predicted molar refractivity (Wildman–Crippen MR) is 120 cm³/mol. The molecule has 0 atom stereocenters. The van der Waals surface area contributed by atoms with Crippen molar-refractivity contribution in [2.45, 2.75) is 20.4 Å². The second kappa shape index (κ2) is 7.99. The molecule has 3 aromatic carbocycles. The Kier molecular flexibility index (Phi) is 5.23. The number of hydrogen-bond donors (Lipinski definition) is 0. The van der Waals surface area contributed by atoms with Crippen LogP contribution in [0.3, 0.4) is 0 Å². The van der Waals surface area contributed by atoms with Gasteiger partial charge in [-0.1, -0.05) is 54.1 Å². The van der Waals surface area contributed by atoms with Crippen LogP contribution in [-0.2, 0) is 11.3 Å². The van der Waals surface area contributed by atoms with E-state index in [-0.39, 0.29) is 11.5 Å². The van der Waals surface area contributed by atoms with E-state index in [2.05, 4.69) is 32.0 Å². The van der Waals surface area contributed by atoms with Crippen LogP contribution in [0, 0.1) is 13.8 Å². The minimum absolute atomic E-state index is 0.0277. The zero-order valence-electron chi connectivity index (χ0n) is 17.3. The molecule has 1 aromatic heterocycles. The Morgan fingerprint density at radius 3 is 2.37 bits per heavy atom. The van der Waals surface area contributed by atoms with Gasteiger partial charge in [-0.05, 0) is 60.2 Å². The number of benzene rings is 3. The second-order valence-corrected chi connectivity index (χ2v) is 7.51. The summed E-state index contributed by atoms with van der Waals surface area (Å²) in [4.78, 5) is 25.2. The lowest BCUT2D eigenvalue weighted by Gasteiger charge is -2.17. The van der Waals surface area contributed by atoms with Gasteiger partial charge in [0.15, 0.2) is 0 Å². The van der Waals surface area contributed by atoms with E-state index in [0.717, 1.165) is 27.8 Å². The summed E-state index contributed by atoms with van der Waals surface area (Å²) in [6.45, 7) is 4.61. The van der Waals surface area contributed by atoms with E-state index >= 15 is 0 Å². The Labute approximate surface area is 175 Å². The van der Waals surface area contributed by atoms with Crippen molar-refractivity contribution in [3.63, 3.8) is 0 Å². The topological polar surface area (TPSA) is 48.3 Å². The number of carbonyl (C=O) groups excluding carboxylic acids is 1. The first-order valence-electron chi connectivity index (χ1n) is 9.85. The molecule has 0 aliphatic rings. The van der Waals surface area contributed by atoms with E-state index in [0.29, 0.717) is 17.5 Å². The highest BCUT2D eigenvalue weighted by Gasteiger charge is 2.13. The fraction of sp³-hybridized carbons (Fsp3) is 0.154. The molecule has 1 heterocycles. The fourth-order valence-corrected chi connectivity index (χ4v) is 3.78. The Hall–Kier alpha value is -3.66. The van der Waals surface area contributed by atoms with Gasteiger partial charge in [0.25, 0.3) is 5.56 Å². The zero-order chi connectivity index (χ0) is 21.3. The van der Waals surface area contributed by atoms with Gasteiger partial charge in [-0.25, -0.2) is 4.79 Å². The third-order valence-electron chi connectivity index (χ3n) is 5.45. The maximum atomic E-state index is 13.4. The first-order valence-corrected chi connectivity index (χ1v) is 9.85. The third kappa shape index (κ3) is 3.64. The maximum Gasteiger partial charge on any atom is 0.337 e. The van der Waals surface area contributed by atoms with Gasteiger partial charge in [0.1, 0.15) is 0 Å². The summed E-state index contributed by atoms with van der Waals surface area (Å²) in [7, 11) is 1.36. The van der Waals surface area contributed by atoms with Crippen LogP contribution in [-0.4, -0.2) is 17.6 Å². The molecule has 0 radical (unpaired) electrons. The lowest BCUT2D eigenvalue weighted by atomic mass is 10.0. The van der Waals surface area contributed by atoms with Gasteiger partial charge < -0.3 is 9.30 Å². The minimum atomic E-state index is -0.382. The number of carbonyl (C=O) groups is 1. The van der Waals surface area contributed by atoms with Gasteiger partial charge in [-0.2, -0.15) is 0 Å². The number of methoxy groups -OCH3 is 1. The molecule has 0 aliphatic carbocycles. The molecule has 30 heavy (non-hydrogen) atoms. The average molecular weight is 397 g/mol. The lowest BCUT2D eigenvalue weighted by molar-refractivity contribution is 0.0601. The largest absolute Gasteiger partial charge is 0.465 e. The van der Waals surface area contributed by atoms with Crippen LogP contribution >= 0.6 is 0 Å². The first kappa shape index (κ1) is 19.6. The van der Waals surface area contributed by atoms with Crippen molar-refractivity contribution < 1.29 is 9.53 Å². The molecule has 0 spiro atoms. The second-order valence-electron chi connectivity index (χ2n) is 7.51. The molecular formula is C26H23NO3. The lowest BCUT2D eigenvalue weighted by Crippen LogP contribution is -2.23. The molecule has 150 valence electrons. The van der Waals surface area contributed by atoms with Crippen molar-refractivity contribution in [3.05, 3.63) is 105 Å². The quantitative estimate of drug-likeness (QED) is 0.449. The highest BCUT2D eigenvalue weighted by Crippen LogP contribution is 2.24. The van der Waals surface area contributed by atoms with Gasteiger partial charge >= 0.3 is 5.97 Å². The number of rotatable bonds is 4. The van der Waals surface area contributed by atoms with Crippen LogP contribution < -0.4 is 5.56 Å². The van der Waals surface area contributed by atoms with Crippen molar-refractivity contribution >= 4 is 16.7 Å². The molecule has 0 saturated heterocycles. The fourth-order valence-electron chi connectivity index (χ4n) is 3.78. The predicted octanol–water partition coefficient (Wildman–Crippen LogP) is 5.12. The summed E-state index contributed by atoms with van der Waals surface area (Å²) < 4.78 is 6.60. The molecule has 4 rings (SSSR count). The van der Waals surface area contributed by atoms with E-state index in [1.165, 1.54) is 12.7 Å². The van der Waals surface area contributed by atoms with Crippen LogP contribution in [0.5, 0.6) is 0 Å². The van der Waals surface area contributed by atoms with Crippen molar-refractivity contribution in [2.75, 3.05) is 7.11 Å². The number of nitrogens with zero attached hydrogens (tertiary/aromatic N) is 1. The molecule has 0 saturated carbocycles. The normalized spacial score (nSPS) is 10.9. The first-order chi connectivity index (χ1) is 14.5. The Morgan fingerprint density at radius 1 is 0.933 bits per heavy atom. The molecule has 4 aromatic rings. The van der Waals surface area contributed by atoms with E-state index < -0.39 is 0 Å².